The lowest BCUT2D eigenvalue weighted by molar-refractivity contribution is -0.273. The van der Waals surface area contributed by atoms with Crippen molar-refractivity contribution in [1.82, 2.24) is 5.32 Å². The Hall–Kier alpha value is -2.16. The second kappa shape index (κ2) is 10.7. The van der Waals surface area contributed by atoms with E-state index >= 15 is 0 Å². The highest BCUT2D eigenvalue weighted by atomic mass is 17.3. The van der Waals surface area contributed by atoms with Gasteiger partial charge in [-0.15, -0.1) is 0 Å². The molecule has 1 rings (SSSR count). The summed E-state index contributed by atoms with van der Waals surface area (Å²) in [5, 5.41) is 6.24. The molecule has 2 atom stereocenters. The maximum Gasteiger partial charge on any atom is 0.409 e. The minimum absolute atomic E-state index is 0.00227. The molecular formula is C16H26N2O7. The van der Waals surface area contributed by atoms with Gasteiger partial charge in [0.05, 0.1) is 12.6 Å². The van der Waals surface area contributed by atoms with Crippen molar-refractivity contribution < 1.29 is 33.7 Å². The van der Waals surface area contributed by atoms with Gasteiger partial charge in [-0.25, -0.2) is 14.5 Å². The fourth-order valence-corrected chi connectivity index (χ4v) is 2.04. The second-order valence-corrected chi connectivity index (χ2v) is 6.63. The molecule has 9 heteroatoms. The number of hydrogen-bond donors (Lipinski definition) is 1. The molecule has 0 aromatic carbocycles. The van der Waals surface area contributed by atoms with Crippen LogP contribution in [0.4, 0.5) is 4.79 Å². The van der Waals surface area contributed by atoms with E-state index in [1.807, 2.05) is 0 Å². The molecule has 0 bridgehead atoms. The van der Waals surface area contributed by atoms with Crippen LogP contribution in [0.15, 0.2) is 5.16 Å². The number of carbonyl (C=O) groups excluding carboxylic acids is 3. The van der Waals surface area contributed by atoms with Gasteiger partial charge in [0, 0.05) is 25.4 Å². The van der Waals surface area contributed by atoms with E-state index in [-0.39, 0.29) is 12.3 Å². The Kier molecular flexibility index (Phi) is 8.90. The number of nitrogens with one attached hydrogen (secondary N) is 1. The third-order valence-corrected chi connectivity index (χ3v) is 3.15. The highest BCUT2D eigenvalue weighted by Gasteiger charge is 2.25. The van der Waals surface area contributed by atoms with Crippen LogP contribution in [0.1, 0.15) is 52.9 Å². The summed E-state index contributed by atoms with van der Waals surface area (Å²) in [5.41, 5.74) is -0.580. The Morgan fingerprint density at radius 2 is 2.12 bits per heavy atom. The molecule has 142 valence electrons. The van der Waals surface area contributed by atoms with Crippen LogP contribution >= 0.6 is 0 Å². The van der Waals surface area contributed by atoms with Crippen molar-refractivity contribution in [2.75, 3.05) is 6.61 Å². The number of carbonyl (C=O) groups is 3. The van der Waals surface area contributed by atoms with Gasteiger partial charge < -0.3 is 14.3 Å². The molecule has 1 heterocycles. The number of hydrogen-bond acceptors (Lipinski definition) is 8. The third kappa shape index (κ3) is 10.3. The van der Waals surface area contributed by atoms with Crippen LogP contribution in [0, 0.1) is 5.92 Å². The van der Waals surface area contributed by atoms with Crippen LogP contribution in [0.2, 0.25) is 0 Å². The molecule has 0 aromatic heterocycles. The van der Waals surface area contributed by atoms with Gasteiger partial charge in [0.25, 0.3) is 0 Å². The van der Waals surface area contributed by atoms with Crippen molar-refractivity contribution in [2.45, 2.75) is 64.7 Å². The first-order chi connectivity index (χ1) is 11.8. The van der Waals surface area contributed by atoms with E-state index in [0.29, 0.717) is 32.3 Å². The zero-order valence-electron chi connectivity index (χ0n) is 14.9. The first-order valence-electron chi connectivity index (χ1n) is 8.25. The zero-order valence-corrected chi connectivity index (χ0v) is 14.9. The topological polar surface area (TPSA) is 113 Å². The molecule has 1 fully saturated rings. The van der Waals surface area contributed by atoms with Crippen molar-refractivity contribution in [2.24, 2.45) is 11.1 Å². The second-order valence-electron chi connectivity index (χ2n) is 6.63. The molecule has 2 unspecified atom stereocenters. The summed E-state index contributed by atoms with van der Waals surface area (Å²) in [6, 6.07) is 0. The minimum atomic E-state index is -0.588. The summed E-state index contributed by atoms with van der Waals surface area (Å²) in [7, 11) is 0. The number of oxime groups is 1. The van der Waals surface area contributed by atoms with Crippen LogP contribution in [0.25, 0.3) is 0 Å². The van der Waals surface area contributed by atoms with Crippen LogP contribution in [0.5, 0.6) is 0 Å². The third-order valence-electron chi connectivity index (χ3n) is 3.15. The first kappa shape index (κ1) is 20.9. The summed E-state index contributed by atoms with van der Waals surface area (Å²) >= 11 is 0. The molecule has 0 radical (unpaired) electrons. The Morgan fingerprint density at radius 3 is 2.80 bits per heavy atom. The van der Waals surface area contributed by atoms with E-state index < -0.39 is 23.9 Å². The Morgan fingerprint density at radius 1 is 1.36 bits per heavy atom. The van der Waals surface area contributed by atoms with Crippen molar-refractivity contribution in [1.29, 1.82) is 0 Å². The predicted octanol–water partition coefficient (Wildman–Crippen LogP) is 2.09. The number of nitrogens with zero attached hydrogens (tertiary/aromatic N) is 1. The molecule has 25 heavy (non-hydrogen) atoms. The molecular weight excluding hydrogens is 332 g/mol. The number of amides is 1. The molecule has 1 amide bonds. The quantitative estimate of drug-likeness (QED) is 0.232. The van der Waals surface area contributed by atoms with E-state index in [1.165, 1.54) is 6.21 Å². The van der Waals surface area contributed by atoms with E-state index in [0.717, 1.165) is 6.29 Å². The Bertz CT molecular complexity index is 474. The highest BCUT2D eigenvalue weighted by molar-refractivity contribution is 5.69. The van der Waals surface area contributed by atoms with Gasteiger partial charge in [-0.1, -0.05) is 0 Å². The number of unbranched alkanes of at least 4 members (excludes halogenated alkanes) is 1. The highest BCUT2D eigenvalue weighted by Crippen LogP contribution is 2.18. The molecule has 0 spiro atoms. The minimum Gasteiger partial charge on any atom is -0.444 e. The summed E-state index contributed by atoms with van der Waals surface area (Å²) in [4.78, 5) is 42.0. The smallest absolute Gasteiger partial charge is 0.409 e. The monoisotopic (exact) mass is 358 g/mol. The average molecular weight is 358 g/mol. The van der Waals surface area contributed by atoms with Crippen molar-refractivity contribution in [3.8, 4) is 0 Å². The lowest BCUT2D eigenvalue weighted by Crippen LogP contribution is -2.44. The number of alkyl carbamates (subject to hydrolysis) is 1. The van der Waals surface area contributed by atoms with Gasteiger partial charge in [0.15, 0.2) is 0 Å². The lowest BCUT2D eigenvalue weighted by Gasteiger charge is -2.29. The predicted molar refractivity (Wildman–Crippen MR) is 87.4 cm³/mol. The van der Waals surface area contributed by atoms with Crippen molar-refractivity contribution in [3.63, 3.8) is 0 Å². The summed E-state index contributed by atoms with van der Waals surface area (Å²) in [6.45, 7) is 5.78. The maximum atomic E-state index is 11.7. The summed E-state index contributed by atoms with van der Waals surface area (Å²) < 4.78 is 10.6. The Balaban J connectivity index is 2.27. The SMILES string of the molecule is CC(C)(C)OC(=O)NC1CC(C=NOOC(=O)CCCC=O)CCO1. The zero-order chi connectivity index (χ0) is 18.7. The summed E-state index contributed by atoms with van der Waals surface area (Å²) in [5.74, 6) is -0.585. The van der Waals surface area contributed by atoms with Crippen LogP contribution < -0.4 is 5.32 Å². The van der Waals surface area contributed by atoms with E-state index in [2.05, 4.69) is 20.3 Å². The first-order valence-corrected chi connectivity index (χ1v) is 8.25. The van der Waals surface area contributed by atoms with Gasteiger partial charge in [-0.3, -0.25) is 5.32 Å². The average Bonchev–Trinajstić information content (AvgIpc) is 2.50. The lowest BCUT2D eigenvalue weighted by atomic mass is 10.0. The molecule has 1 aliphatic heterocycles. The molecule has 1 saturated heterocycles. The largest absolute Gasteiger partial charge is 0.444 e. The number of rotatable bonds is 8. The van der Waals surface area contributed by atoms with Crippen LogP contribution in [0.3, 0.4) is 0 Å². The van der Waals surface area contributed by atoms with Gasteiger partial charge >= 0.3 is 12.1 Å². The molecule has 0 saturated carbocycles. The van der Waals surface area contributed by atoms with E-state index in [9.17, 15) is 14.4 Å². The molecule has 1 aliphatic rings. The van der Waals surface area contributed by atoms with Crippen LogP contribution in [-0.2, 0) is 28.9 Å². The van der Waals surface area contributed by atoms with Crippen molar-refractivity contribution >= 4 is 24.6 Å². The van der Waals surface area contributed by atoms with Gasteiger partial charge in [0.2, 0.25) is 0 Å². The van der Waals surface area contributed by atoms with Gasteiger partial charge in [-0.2, -0.15) is 4.99 Å². The Labute approximate surface area is 146 Å². The van der Waals surface area contributed by atoms with Gasteiger partial charge in [-0.05, 0) is 38.8 Å². The fraction of sp³-hybridized carbons (Fsp3) is 0.750. The van der Waals surface area contributed by atoms with Crippen LogP contribution in [-0.4, -0.2) is 43.0 Å². The molecule has 9 nitrogen and oxygen atoms in total. The standard InChI is InChI=1S/C16H26N2O7/c1-16(2,3)23-15(21)18-13-10-12(7-9-22-13)11-17-25-24-14(20)6-4-5-8-19/h8,11-13H,4-7,9-10H2,1-3H3,(H,18,21). The fourth-order valence-electron chi connectivity index (χ4n) is 2.04. The number of aldehydes is 1. The molecule has 0 aromatic rings. The number of ether oxygens (including phenoxy) is 2. The van der Waals surface area contributed by atoms with E-state index in [4.69, 9.17) is 9.47 Å². The normalized spacial score (nSPS) is 20.8. The van der Waals surface area contributed by atoms with E-state index in [1.54, 1.807) is 20.8 Å². The molecule has 1 N–H and O–H groups in total. The van der Waals surface area contributed by atoms with Gasteiger partial charge in [0.1, 0.15) is 18.1 Å². The maximum absolute atomic E-state index is 11.7. The summed E-state index contributed by atoms with van der Waals surface area (Å²) in [6.07, 6.45) is 3.21. The van der Waals surface area contributed by atoms with Crippen molar-refractivity contribution in [3.05, 3.63) is 0 Å². The molecule has 0 aliphatic carbocycles.